The summed E-state index contributed by atoms with van der Waals surface area (Å²) in [6.45, 7) is 2.06. The van der Waals surface area contributed by atoms with Gasteiger partial charge < -0.3 is 0 Å². The SMILES string of the molecule is Cc1cccc(-c2cccnc2Cl)c1. The Morgan fingerprint density at radius 1 is 1.14 bits per heavy atom. The summed E-state index contributed by atoms with van der Waals surface area (Å²) in [4.78, 5) is 4.05. The van der Waals surface area contributed by atoms with Gasteiger partial charge in [0.25, 0.3) is 0 Å². The average molecular weight is 204 g/mol. The molecule has 0 saturated heterocycles. The number of aromatic nitrogens is 1. The summed E-state index contributed by atoms with van der Waals surface area (Å²) >= 11 is 6.00. The molecule has 0 atom stereocenters. The zero-order valence-corrected chi connectivity index (χ0v) is 8.62. The second-order valence-electron chi connectivity index (χ2n) is 3.21. The predicted molar refractivity (Wildman–Crippen MR) is 59.4 cm³/mol. The molecule has 1 aromatic heterocycles. The Labute approximate surface area is 88.4 Å². The normalized spacial score (nSPS) is 10.1. The van der Waals surface area contributed by atoms with Crippen LogP contribution in [0.4, 0.5) is 0 Å². The van der Waals surface area contributed by atoms with E-state index in [1.165, 1.54) is 5.56 Å². The molecule has 0 aliphatic carbocycles. The minimum Gasteiger partial charge on any atom is -0.244 e. The smallest absolute Gasteiger partial charge is 0.136 e. The van der Waals surface area contributed by atoms with E-state index < -0.39 is 0 Å². The first-order valence-electron chi connectivity index (χ1n) is 4.45. The van der Waals surface area contributed by atoms with Gasteiger partial charge in [-0.2, -0.15) is 0 Å². The summed E-state index contributed by atoms with van der Waals surface area (Å²) in [5, 5.41) is 0.554. The molecular formula is C12H10ClN. The zero-order chi connectivity index (χ0) is 9.97. The monoisotopic (exact) mass is 203 g/mol. The van der Waals surface area contributed by atoms with Crippen LogP contribution in [0.3, 0.4) is 0 Å². The Balaban J connectivity index is 2.55. The van der Waals surface area contributed by atoms with Crippen molar-refractivity contribution in [2.75, 3.05) is 0 Å². The van der Waals surface area contributed by atoms with E-state index in [1.54, 1.807) is 6.20 Å². The maximum atomic E-state index is 6.00. The molecule has 2 rings (SSSR count). The molecule has 70 valence electrons. The van der Waals surface area contributed by atoms with Crippen LogP contribution in [0.5, 0.6) is 0 Å². The molecular weight excluding hydrogens is 194 g/mol. The minimum atomic E-state index is 0.554. The zero-order valence-electron chi connectivity index (χ0n) is 7.87. The Hall–Kier alpha value is -1.34. The number of hydrogen-bond donors (Lipinski definition) is 0. The van der Waals surface area contributed by atoms with Crippen molar-refractivity contribution in [3.05, 3.63) is 53.3 Å². The lowest BCUT2D eigenvalue weighted by Gasteiger charge is -2.03. The first-order valence-corrected chi connectivity index (χ1v) is 4.83. The van der Waals surface area contributed by atoms with Crippen molar-refractivity contribution in [3.63, 3.8) is 0 Å². The molecule has 0 aliphatic rings. The van der Waals surface area contributed by atoms with Gasteiger partial charge in [0.15, 0.2) is 0 Å². The lowest BCUT2D eigenvalue weighted by atomic mass is 10.1. The Morgan fingerprint density at radius 2 is 2.00 bits per heavy atom. The number of pyridine rings is 1. The van der Waals surface area contributed by atoms with E-state index in [-0.39, 0.29) is 0 Å². The van der Waals surface area contributed by atoms with Gasteiger partial charge in [-0.05, 0) is 24.6 Å². The maximum Gasteiger partial charge on any atom is 0.136 e. The van der Waals surface area contributed by atoms with E-state index in [0.717, 1.165) is 11.1 Å². The highest BCUT2D eigenvalue weighted by molar-refractivity contribution is 6.32. The Kier molecular flexibility index (Phi) is 2.51. The van der Waals surface area contributed by atoms with Gasteiger partial charge in [0.2, 0.25) is 0 Å². The second-order valence-corrected chi connectivity index (χ2v) is 3.57. The molecule has 1 aromatic carbocycles. The van der Waals surface area contributed by atoms with Crippen molar-refractivity contribution in [2.24, 2.45) is 0 Å². The van der Waals surface area contributed by atoms with E-state index in [2.05, 4.69) is 24.0 Å². The molecule has 2 aromatic rings. The van der Waals surface area contributed by atoms with E-state index in [9.17, 15) is 0 Å². The van der Waals surface area contributed by atoms with E-state index in [0.29, 0.717) is 5.15 Å². The third-order valence-electron chi connectivity index (χ3n) is 2.09. The van der Waals surface area contributed by atoms with Crippen LogP contribution in [0.15, 0.2) is 42.6 Å². The highest BCUT2D eigenvalue weighted by Crippen LogP contribution is 2.25. The topological polar surface area (TPSA) is 12.9 Å². The maximum absolute atomic E-state index is 6.00. The summed E-state index contributed by atoms with van der Waals surface area (Å²) < 4.78 is 0. The molecule has 2 heteroatoms. The fourth-order valence-corrected chi connectivity index (χ4v) is 1.64. The highest BCUT2D eigenvalue weighted by Gasteiger charge is 2.02. The number of nitrogens with zero attached hydrogens (tertiary/aromatic N) is 1. The number of benzene rings is 1. The number of rotatable bonds is 1. The van der Waals surface area contributed by atoms with Crippen molar-refractivity contribution in [3.8, 4) is 11.1 Å². The third kappa shape index (κ3) is 1.78. The van der Waals surface area contributed by atoms with Crippen LogP contribution in [-0.4, -0.2) is 4.98 Å². The summed E-state index contributed by atoms with van der Waals surface area (Å²) in [6, 6.07) is 12.1. The molecule has 0 fully saturated rings. The first-order chi connectivity index (χ1) is 6.77. The van der Waals surface area contributed by atoms with Gasteiger partial charge in [0.1, 0.15) is 5.15 Å². The third-order valence-corrected chi connectivity index (χ3v) is 2.39. The lowest BCUT2D eigenvalue weighted by Crippen LogP contribution is -1.82. The van der Waals surface area contributed by atoms with Gasteiger partial charge in [-0.25, -0.2) is 4.98 Å². The fraction of sp³-hybridized carbons (Fsp3) is 0.0833. The summed E-state index contributed by atoms with van der Waals surface area (Å²) in [5.74, 6) is 0. The van der Waals surface area contributed by atoms with Gasteiger partial charge in [-0.3, -0.25) is 0 Å². The first kappa shape index (κ1) is 9.22. The molecule has 0 aliphatic heterocycles. The van der Waals surface area contributed by atoms with Crippen molar-refractivity contribution in [1.29, 1.82) is 0 Å². The van der Waals surface area contributed by atoms with E-state index in [1.807, 2.05) is 24.3 Å². The van der Waals surface area contributed by atoms with E-state index in [4.69, 9.17) is 11.6 Å². The van der Waals surface area contributed by atoms with Crippen molar-refractivity contribution in [1.82, 2.24) is 4.98 Å². The fourth-order valence-electron chi connectivity index (χ4n) is 1.41. The van der Waals surface area contributed by atoms with Crippen LogP contribution >= 0.6 is 11.6 Å². The summed E-state index contributed by atoms with van der Waals surface area (Å²) in [6.07, 6.45) is 1.70. The quantitative estimate of drug-likeness (QED) is 0.644. The van der Waals surface area contributed by atoms with Crippen LogP contribution in [0.25, 0.3) is 11.1 Å². The molecule has 0 amide bonds. The molecule has 0 N–H and O–H groups in total. The molecule has 0 saturated carbocycles. The van der Waals surface area contributed by atoms with Crippen LogP contribution in [0.2, 0.25) is 5.15 Å². The van der Waals surface area contributed by atoms with Crippen molar-refractivity contribution in [2.45, 2.75) is 6.92 Å². The van der Waals surface area contributed by atoms with Gasteiger partial charge in [0, 0.05) is 11.8 Å². The standard InChI is InChI=1S/C12H10ClN/c1-9-4-2-5-10(8-9)11-6-3-7-14-12(11)13/h2-8H,1H3. The van der Waals surface area contributed by atoms with Gasteiger partial charge in [-0.15, -0.1) is 0 Å². The predicted octanol–water partition coefficient (Wildman–Crippen LogP) is 3.71. The average Bonchev–Trinajstić information content (AvgIpc) is 2.18. The van der Waals surface area contributed by atoms with Crippen LogP contribution < -0.4 is 0 Å². The van der Waals surface area contributed by atoms with Crippen molar-refractivity contribution < 1.29 is 0 Å². The second kappa shape index (κ2) is 3.81. The molecule has 0 spiro atoms. The molecule has 0 bridgehead atoms. The molecule has 1 heterocycles. The highest BCUT2D eigenvalue weighted by atomic mass is 35.5. The lowest BCUT2D eigenvalue weighted by molar-refractivity contribution is 1.32. The molecule has 14 heavy (non-hydrogen) atoms. The number of hydrogen-bond acceptors (Lipinski definition) is 1. The van der Waals surface area contributed by atoms with Crippen molar-refractivity contribution >= 4 is 11.6 Å². The Morgan fingerprint density at radius 3 is 2.71 bits per heavy atom. The van der Waals surface area contributed by atoms with Crippen LogP contribution in [-0.2, 0) is 0 Å². The van der Waals surface area contributed by atoms with E-state index >= 15 is 0 Å². The van der Waals surface area contributed by atoms with Gasteiger partial charge in [0.05, 0.1) is 0 Å². The minimum absolute atomic E-state index is 0.554. The van der Waals surface area contributed by atoms with Gasteiger partial charge >= 0.3 is 0 Å². The summed E-state index contributed by atoms with van der Waals surface area (Å²) in [7, 11) is 0. The van der Waals surface area contributed by atoms with Crippen LogP contribution in [0.1, 0.15) is 5.56 Å². The molecule has 0 unspecified atom stereocenters. The summed E-state index contributed by atoms with van der Waals surface area (Å²) in [5.41, 5.74) is 3.32. The Bertz CT molecular complexity index is 452. The largest absolute Gasteiger partial charge is 0.244 e. The number of aryl methyl sites for hydroxylation is 1. The molecule has 1 nitrogen and oxygen atoms in total. The molecule has 0 radical (unpaired) electrons. The number of halogens is 1. The van der Waals surface area contributed by atoms with Gasteiger partial charge in [-0.1, -0.05) is 41.4 Å². The van der Waals surface area contributed by atoms with Crippen LogP contribution in [0, 0.1) is 6.92 Å².